The van der Waals surface area contributed by atoms with Gasteiger partial charge in [0.1, 0.15) is 5.52 Å². The van der Waals surface area contributed by atoms with E-state index in [0.29, 0.717) is 16.3 Å². The Morgan fingerprint density at radius 3 is 2.59 bits per heavy atom. The molecular weight excluding hydrogens is 310 g/mol. The van der Waals surface area contributed by atoms with Crippen LogP contribution in [0.3, 0.4) is 0 Å². The smallest absolute Gasteiger partial charge is 0.303 e. The molecule has 0 bridgehead atoms. The summed E-state index contributed by atoms with van der Waals surface area (Å²) in [7, 11) is 0. The fourth-order valence-electron chi connectivity index (χ4n) is 1.50. The standard InChI is InChI=1S/C13H13N3O5S/c17-10(5-6-12(19)20)15-16-11(18)7-22-13-14-8-3-1-2-4-9(8)21-13/h1-4H,5-7H2,(H,15,17)(H,16,18)(H,19,20). The van der Waals surface area contributed by atoms with Crippen LogP contribution in [0.1, 0.15) is 12.8 Å². The molecule has 3 N–H and O–H groups in total. The van der Waals surface area contributed by atoms with Gasteiger partial charge in [-0.2, -0.15) is 0 Å². The average Bonchev–Trinajstić information content (AvgIpc) is 2.91. The predicted molar refractivity (Wildman–Crippen MR) is 77.9 cm³/mol. The summed E-state index contributed by atoms with van der Waals surface area (Å²) in [6.07, 6.45) is -0.493. The summed E-state index contributed by atoms with van der Waals surface area (Å²) in [6, 6.07) is 7.22. The maximum absolute atomic E-state index is 11.5. The van der Waals surface area contributed by atoms with E-state index < -0.39 is 17.8 Å². The SMILES string of the molecule is O=C(O)CCC(=O)NNC(=O)CSc1nc2ccccc2o1. The lowest BCUT2D eigenvalue weighted by Gasteiger charge is -2.05. The van der Waals surface area contributed by atoms with E-state index in [1.165, 1.54) is 0 Å². The van der Waals surface area contributed by atoms with Crippen molar-refractivity contribution in [2.24, 2.45) is 0 Å². The van der Waals surface area contributed by atoms with Crippen molar-refractivity contribution in [2.75, 3.05) is 5.75 Å². The Bertz CT molecular complexity index is 667. The van der Waals surface area contributed by atoms with Gasteiger partial charge in [-0.25, -0.2) is 4.98 Å². The van der Waals surface area contributed by atoms with Gasteiger partial charge in [0.15, 0.2) is 5.58 Å². The van der Waals surface area contributed by atoms with Crippen molar-refractivity contribution in [1.29, 1.82) is 0 Å². The number of amides is 2. The summed E-state index contributed by atoms with van der Waals surface area (Å²) >= 11 is 1.09. The van der Waals surface area contributed by atoms with Crippen molar-refractivity contribution in [1.82, 2.24) is 15.8 Å². The molecular formula is C13H13N3O5S. The maximum atomic E-state index is 11.5. The van der Waals surface area contributed by atoms with Gasteiger partial charge in [0, 0.05) is 6.42 Å². The lowest BCUT2D eigenvalue weighted by Crippen LogP contribution is -2.42. The van der Waals surface area contributed by atoms with E-state index in [9.17, 15) is 14.4 Å². The normalized spacial score (nSPS) is 10.4. The molecule has 0 aliphatic rings. The van der Waals surface area contributed by atoms with Gasteiger partial charge < -0.3 is 9.52 Å². The molecule has 1 aromatic carbocycles. The number of hydrazine groups is 1. The average molecular weight is 323 g/mol. The molecule has 2 rings (SSSR count). The number of hydrogen-bond acceptors (Lipinski definition) is 6. The van der Waals surface area contributed by atoms with Crippen LogP contribution in [0.25, 0.3) is 11.1 Å². The quantitative estimate of drug-likeness (QED) is 0.534. The van der Waals surface area contributed by atoms with Crippen LogP contribution in [-0.4, -0.2) is 33.6 Å². The van der Waals surface area contributed by atoms with Crippen LogP contribution in [-0.2, 0) is 14.4 Å². The fourth-order valence-corrected chi connectivity index (χ4v) is 2.14. The van der Waals surface area contributed by atoms with Crippen molar-refractivity contribution < 1.29 is 23.9 Å². The molecule has 2 amide bonds. The van der Waals surface area contributed by atoms with Gasteiger partial charge in [-0.3, -0.25) is 25.2 Å². The van der Waals surface area contributed by atoms with Gasteiger partial charge in [-0.15, -0.1) is 0 Å². The summed E-state index contributed by atoms with van der Waals surface area (Å²) in [4.78, 5) is 37.2. The van der Waals surface area contributed by atoms with E-state index in [4.69, 9.17) is 9.52 Å². The molecule has 8 nitrogen and oxygen atoms in total. The first-order valence-electron chi connectivity index (χ1n) is 6.32. The van der Waals surface area contributed by atoms with E-state index in [1.54, 1.807) is 12.1 Å². The number of benzene rings is 1. The summed E-state index contributed by atoms with van der Waals surface area (Å²) in [5.41, 5.74) is 5.66. The second-order valence-corrected chi connectivity index (χ2v) is 5.15. The highest BCUT2D eigenvalue weighted by Gasteiger charge is 2.10. The Labute approximate surface area is 129 Å². The number of rotatable bonds is 6. The zero-order chi connectivity index (χ0) is 15.9. The fraction of sp³-hybridized carbons (Fsp3) is 0.231. The summed E-state index contributed by atoms with van der Waals surface area (Å²) < 4.78 is 5.43. The van der Waals surface area contributed by atoms with Crippen LogP contribution in [0.15, 0.2) is 33.9 Å². The van der Waals surface area contributed by atoms with Crippen LogP contribution >= 0.6 is 11.8 Å². The minimum atomic E-state index is -1.08. The van der Waals surface area contributed by atoms with E-state index >= 15 is 0 Å². The summed E-state index contributed by atoms with van der Waals surface area (Å²) in [5, 5.41) is 8.78. The Morgan fingerprint density at radius 2 is 1.86 bits per heavy atom. The third-order valence-electron chi connectivity index (χ3n) is 2.51. The number of nitrogens with zero attached hydrogens (tertiary/aromatic N) is 1. The molecule has 22 heavy (non-hydrogen) atoms. The number of hydrogen-bond donors (Lipinski definition) is 3. The molecule has 0 saturated carbocycles. The zero-order valence-corrected chi connectivity index (χ0v) is 12.2. The second kappa shape index (κ2) is 7.46. The topological polar surface area (TPSA) is 122 Å². The van der Waals surface area contributed by atoms with Crippen LogP contribution < -0.4 is 10.9 Å². The highest BCUT2D eigenvalue weighted by molar-refractivity contribution is 7.99. The molecule has 116 valence electrons. The molecule has 2 aromatic rings. The van der Waals surface area contributed by atoms with Crippen molar-refractivity contribution in [3.8, 4) is 0 Å². The first kappa shape index (κ1) is 15.8. The number of nitrogens with one attached hydrogen (secondary N) is 2. The van der Waals surface area contributed by atoms with Crippen molar-refractivity contribution >= 4 is 40.6 Å². The summed E-state index contributed by atoms with van der Waals surface area (Å²) in [6.45, 7) is 0. The molecule has 1 aromatic heterocycles. The first-order chi connectivity index (χ1) is 10.5. The van der Waals surface area contributed by atoms with Gasteiger partial charge in [0.2, 0.25) is 11.8 Å². The number of fused-ring (bicyclic) bond motifs is 1. The van der Waals surface area contributed by atoms with Crippen LogP contribution in [0.2, 0.25) is 0 Å². The molecule has 0 unspecified atom stereocenters. The Hall–Kier alpha value is -2.55. The zero-order valence-electron chi connectivity index (χ0n) is 11.4. The number of carboxylic acid groups (broad SMARTS) is 1. The third kappa shape index (κ3) is 4.77. The lowest BCUT2D eigenvalue weighted by molar-refractivity contribution is -0.139. The minimum absolute atomic E-state index is 0.00598. The summed E-state index contributed by atoms with van der Waals surface area (Å²) in [5.74, 6) is -2.09. The minimum Gasteiger partial charge on any atom is -0.481 e. The van der Waals surface area contributed by atoms with E-state index in [0.717, 1.165) is 11.8 Å². The molecule has 9 heteroatoms. The van der Waals surface area contributed by atoms with Crippen LogP contribution in [0.4, 0.5) is 0 Å². The van der Waals surface area contributed by atoms with Crippen molar-refractivity contribution in [3.05, 3.63) is 24.3 Å². The number of aliphatic carboxylic acids is 1. The highest BCUT2D eigenvalue weighted by Crippen LogP contribution is 2.22. The lowest BCUT2D eigenvalue weighted by atomic mass is 10.3. The van der Waals surface area contributed by atoms with Gasteiger partial charge in [0.05, 0.1) is 12.2 Å². The van der Waals surface area contributed by atoms with Gasteiger partial charge in [-0.1, -0.05) is 23.9 Å². The van der Waals surface area contributed by atoms with E-state index in [1.807, 2.05) is 12.1 Å². The maximum Gasteiger partial charge on any atom is 0.303 e. The number of para-hydroxylation sites is 2. The Balaban J connectivity index is 1.73. The van der Waals surface area contributed by atoms with Gasteiger partial charge >= 0.3 is 5.97 Å². The van der Waals surface area contributed by atoms with Gasteiger partial charge in [-0.05, 0) is 12.1 Å². The Morgan fingerprint density at radius 1 is 1.14 bits per heavy atom. The molecule has 0 fully saturated rings. The highest BCUT2D eigenvalue weighted by atomic mass is 32.2. The largest absolute Gasteiger partial charge is 0.481 e. The second-order valence-electron chi connectivity index (χ2n) is 4.23. The molecule has 0 saturated heterocycles. The van der Waals surface area contributed by atoms with Crippen molar-refractivity contribution in [2.45, 2.75) is 18.1 Å². The number of thioether (sulfide) groups is 1. The third-order valence-corrected chi connectivity index (χ3v) is 3.34. The molecule has 0 radical (unpaired) electrons. The number of carbonyl (C=O) groups excluding carboxylic acids is 2. The predicted octanol–water partition coefficient (Wildman–Crippen LogP) is 0.932. The van der Waals surface area contributed by atoms with Crippen LogP contribution in [0.5, 0.6) is 0 Å². The Kier molecular flexibility index (Phi) is 5.37. The first-order valence-corrected chi connectivity index (χ1v) is 7.31. The molecule has 0 spiro atoms. The van der Waals surface area contributed by atoms with Gasteiger partial charge in [0.25, 0.3) is 5.22 Å². The molecule has 0 atom stereocenters. The van der Waals surface area contributed by atoms with E-state index in [2.05, 4.69) is 15.8 Å². The van der Waals surface area contributed by atoms with E-state index in [-0.39, 0.29) is 18.6 Å². The number of carboxylic acids is 1. The molecule has 1 heterocycles. The van der Waals surface area contributed by atoms with Crippen LogP contribution in [0, 0.1) is 0 Å². The number of aromatic nitrogens is 1. The molecule has 0 aliphatic heterocycles. The molecule has 0 aliphatic carbocycles. The number of carbonyl (C=O) groups is 3. The van der Waals surface area contributed by atoms with Crippen molar-refractivity contribution in [3.63, 3.8) is 0 Å². The monoisotopic (exact) mass is 323 g/mol. The number of oxazole rings is 1.